The van der Waals surface area contributed by atoms with Gasteiger partial charge in [-0.2, -0.15) is 0 Å². The molecule has 2 aromatic carbocycles. The Morgan fingerprint density at radius 2 is 1.37 bits per heavy atom. The predicted molar refractivity (Wildman–Crippen MR) is 103 cm³/mol. The summed E-state index contributed by atoms with van der Waals surface area (Å²) in [5.74, 6) is 0.684. The van der Waals surface area contributed by atoms with Gasteiger partial charge < -0.3 is 9.29 Å². The van der Waals surface area contributed by atoms with Crippen molar-refractivity contribution in [3.8, 4) is 11.5 Å². The summed E-state index contributed by atoms with van der Waals surface area (Å²) in [5, 5.41) is 0. The van der Waals surface area contributed by atoms with E-state index in [1.807, 2.05) is 24.3 Å². The Morgan fingerprint density at radius 3 is 2.04 bits per heavy atom. The van der Waals surface area contributed by atoms with Crippen LogP contribution in [0.15, 0.2) is 53.4 Å². The molecular formula is C21H27NaO4S. The Hall–Kier alpha value is -0.850. The van der Waals surface area contributed by atoms with E-state index in [4.69, 9.17) is 4.74 Å². The summed E-state index contributed by atoms with van der Waals surface area (Å²) < 4.78 is 40.0. The van der Waals surface area contributed by atoms with Crippen molar-refractivity contribution in [1.29, 1.82) is 0 Å². The van der Waals surface area contributed by atoms with Crippen LogP contribution in [0, 0.1) is 0 Å². The predicted octanol–water partition coefficient (Wildman–Crippen LogP) is 2.68. The number of ether oxygens (including phenoxy) is 1. The van der Waals surface area contributed by atoms with Gasteiger partial charge in [-0.25, -0.2) is 8.42 Å². The molecule has 0 unspecified atom stereocenters. The first-order chi connectivity index (χ1) is 12.5. The van der Waals surface area contributed by atoms with Crippen molar-refractivity contribution in [3.63, 3.8) is 0 Å². The first-order valence-corrected chi connectivity index (χ1v) is 10.7. The number of benzene rings is 2. The van der Waals surface area contributed by atoms with Gasteiger partial charge >= 0.3 is 29.6 Å². The van der Waals surface area contributed by atoms with Gasteiger partial charge in [0, 0.05) is 0 Å². The maximum Gasteiger partial charge on any atom is 1.00 e. The number of aryl methyl sites for hydroxylation is 1. The first-order valence-electron chi connectivity index (χ1n) is 9.33. The molecule has 142 valence electrons. The summed E-state index contributed by atoms with van der Waals surface area (Å²) in [6.07, 6.45) is 9.48. The second-order valence-electron chi connectivity index (χ2n) is 6.48. The molecule has 2 aromatic rings. The molecule has 27 heavy (non-hydrogen) atoms. The van der Waals surface area contributed by atoms with Gasteiger partial charge in [-0.3, -0.25) is 0 Å². The number of rotatable bonds is 11. The molecule has 0 atom stereocenters. The van der Waals surface area contributed by atoms with E-state index in [0.717, 1.165) is 18.4 Å². The van der Waals surface area contributed by atoms with Crippen LogP contribution in [0.3, 0.4) is 0 Å². The topological polar surface area (TPSA) is 66.4 Å². The second kappa shape index (κ2) is 12.6. The number of hydrogen-bond donors (Lipinski definition) is 0. The fraction of sp³-hybridized carbons (Fsp3) is 0.429. The molecule has 0 spiro atoms. The molecule has 0 aliphatic carbocycles. The normalized spacial score (nSPS) is 11.0. The zero-order chi connectivity index (χ0) is 18.8. The minimum Gasteiger partial charge on any atom is -0.744 e. The van der Waals surface area contributed by atoms with Crippen molar-refractivity contribution in [3.05, 3.63) is 54.1 Å². The summed E-state index contributed by atoms with van der Waals surface area (Å²) in [6.45, 7) is 2.22. The largest absolute Gasteiger partial charge is 1.00 e. The van der Waals surface area contributed by atoms with Gasteiger partial charge in [0.15, 0.2) is 0 Å². The molecule has 6 heteroatoms. The van der Waals surface area contributed by atoms with Crippen molar-refractivity contribution in [2.24, 2.45) is 0 Å². The van der Waals surface area contributed by atoms with Crippen molar-refractivity contribution in [1.82, 2.24) is 0 Å². The number of unbranched alkanes of at least 4 members (excludes halogenated alkanes) is 6. The monoisotopic (exact) mass is 398 g/mol. The van der Waals surface area contributed by atoms with Crippen LogP contribution in [-0.4, -0.2) is 13.0 Å². The molecule has 4 nitrogen and oxygen atoms in total. The van der Waals surface area contributed by atoms with Crippen LogP contribution in [-0.2, 0) is 16.5 Å². The van der Waals surface area contributed by atoms with E-state index < -0.39 is 10.1 Å². The maximum atomic E-state index is 11.4. The van der Waals surface area contributed by atoms with E-state index in [9.17, 15) is 13.0 Å². The fourth-order valence-electron chi connectivity index (χ4n) is 2.94. The van der Waals surface area contributed by atoms with Crippen LogP contribution in [0.1, 0.15) is 57.4 Å². The van der Waals surface area contributed by atoms with Crippen molar-refractivity contribution >= 4 is 10.1 Å². The van der Waals surface area contributed by atoms with Crippen molar-refractivity contribution in [2.45, 2.75) is 63.2 Å². The zero-order valence-electron chi connectivity index (χ0n) is 16.3. The van der Waals surface area contributed by atoms with Gasteiger partial charge in [0.1, 0.15) is 21.6 Å². The van der Waals surface area contributed by atoms with Gasteiger partial charge in [-0.15, -0.1) is 0 Å². The molecular weight excluding hydrogens is 371 g/mol. The van der Waals surface area contributed by atoms with E-state index in [1.165, 1.54) is 56.7 Å². The minimum atomic E-state index is -4.57. The summed E-state index contributed by atoms with van der Waals surface area (Å²) in [7, 11) is -4.57. The number of hydrogen-bond acceptors (Lipinski definition) is 4. The van der Waals surface area contributed by atoms with E-state index in [0.29, 0.717) is 5.75 Å². The SMILES string of the molecule is CCCCCCCCCc1ccccc1Oc1ccccc1S(=O)(=O)[O-].[Na+]. The van der Waals surface area contributed by atoms with Crippen LogP contribution in [0.4, 0.5) is 0 Å². The Labute approximate surface area is 185 Å². The summed E-state index contributed by atoms with van der Waals surface area (Å²) in [5.41, 5.74) is 1.03. The second-order valence-corrected chi connectivity index (χ2v) is 7.83. The molecule has 0 aliphatic rings. The standard InChI is InChI=1S/C21H28O4S.Na/c1-2-3-4-5-6-7-8-13-18-14-9-10-15-19(18)25-20-16-11-12-17-21(20)26(22,23)24;/h9-12,14-17H,2-8,13H2,1H3,(H,22,23,24);/q;+1/p-1. The smallest absolute Gasteiger partial charge is 0.744 e. The van der Waals surface area contributed by atoms with Crippen LogP contribution in [0.25, 0.3) is 0 Å². The molecule has 2 rings (SSSR count). The average molecular weight is 399 g/mol. The van der Waals surface area contributed by atoms with E-state index in [-0.39, 0.29) is 40.2 Å². The average Bonchev–Trinajstić information content (AvgIpc) is 2.62. The summed E-state index contributed by atoms with van der Waals surface area (Å²) in [4.78, 5) is -0.328. The van der Waals surface area contributed by atoms with Crippen LogP contribution >= 0.6 is 0 Å². The Balaban J connectivity index is 0.00000364. The molecule has 0 amide bonds. The van der Waals surface area contributed by atoms with Gasteiger partial charge in [0.2, 0.25) is 0 Å². The van der Waals surface area contributed by atoms with E-state index in [1.54, 1.807) is 6.07 Å². The van der Waals surface area contributed by atoms with Crippen LogP contribution in [0.2, 0.25) is 0 Å². The Morgan fingerprint density at radius 1 is 0.815 bits per heavy atom. The minimum absolute atomic E-state index is 0. The molecule has 0 fully saturated rings. The Kier molecular flexibility index (Phi) is 11.3. The molecule has 0 radical (unpaired) electrons. The first kappa shape index (κ1) is 24.2. The summed E-state index contributed by atoms with van der Waals surface area (Å²) >= 11 is 0. The third-order valence-electron chi connectivity index (χ3n) is 4.36. The van der Waals surface area contributed by atoms with Crippen LogP contribution < -0.4 is 34.3 Å². The molecule has 0 aliphatic heterocycles. The van der Waals surface area contributed by atoms with Gasteiger partial charge in [-0.1, -0.05) is 75.8 Å². The quantitative estimate of drug-likeness (QED) is 0.332. The fourth-order valence-corrected chi connectivity index (χ4v) is 3.54. The molecule has 0 heterocycles. The Bertz CT molecular complexity index is 790. The third-order valence-corrected chi connectivity index (χ3v) is 5.24. The van der Waals surface area contributed by atoms with Crippen LogP contribution in [0.5, 0.6) is 11.5 Å². The summed E-state index contributed by atoms with van der Waals surface area (Å²) in [6, 6.07) is 13.5. The number of para-hydroxylation sites is 2. The molecule has 0 saturated heterocycles. The van der Waals surface area contributed by atoms with Gasteiger partial charge in [0.05, 0.1) is 4.90 Å². The maximum absolute atomic E-state index is 11.4. The molecule has 0 aromatic heterocycles. The van der Waals surface area contributed by atoms with Gasteiger partial charge in [0.25, 0.3) is 0 Å². The molecule has 0 N–H and O–H groups in total. The van der Waals surface area contributed by atoms with Gasteiger partial charge in [-0.05, 0) is 36.6 Å². The molecule has 0 bridgehead atoms. The third kappa shape index (κ3) is 8.36. The molecule has 0 saturated carbocycles. The van der Waals surface area contributed by atoms with E-state index in [2.05, 4.69) is 6.92 Å². The van der Waals surface area contributed by atoms with Crippen molar-refractivity contribution in [2.75, 3.05) is 0 Å². The zero-order valence-corrected chi connectivity index (χ0v) is 19.1. The van der Waals surface area contributed by atoms with E-state index >= 15 is 0 Å². The van der Waals surface area contributed by atoms with Crippen molar-refractivity contribution < 1.29 is 47.3 Å².